The summed E-state index contributed by atoms with van der Waals surface area (Å²) in [4.78, 5) is 0. The van der Waals surface area contributed by atoms with Gasteiger partial charge in [0.25, 0.3) is 0 Å². The SMILES string of the molecule is C=C1CC(C)(C)CN1/N=C\[C@H](C)C(Cl)C=N. The standard InChI is InChI=1S/C12H20ClN3/c1-9(11(13)6-14)7-15-16-8-12(3,4)5-10(16)2/h6-7,9,11,14H,2,5,8H2,1,3-4H3/b14-6?,15-7-/t9-,11?/m0/s1. The van der Waals surface area contributed by atoms with Gasteiger partial charge in [-0.25, -0.2) is 0 Å². The number of allylic oxidation sites excluding steroid dienone is 1. The van der Waals surface area contributed by atoms with Crippen molar-refractivity contribution in [1.29, 1.82) is 5.41 Å². The van der Waals surface area contributed by atoms with Crippen LogP contribution in [-0.2, 0) is 0 Å². The van der Waals surface area contributed by atoms with Gasteiger partial charge in [-0.3, -0.25) is 5.01 Å². The summed E-state index contributed by atoms with van der Waals surface area (Å²) in [6, 6.07) is 0. The Labute approximate surface area is 103 Å². The summed E-state index contributed by atoms with van der Waals surface area (Å²) in [7, 11) is 0. The second-order valence-corrected chi connectivity index (χ2v) is 5.70. The van der Waals surface area contributed by atoms with E-state index in [1.807, 2.05) is 11.9 Å². The van der Waals surface area contributed by atoms with Crippen LogP contribution in [0.5, 0.6) is 0 Å². The number of alkyl halides is 1. The van der Waals surface area contributed by atoms with Crippen molar-refractivity contribution in [3.8, 4) is 0 Å². The largest absolute Gasteiger partial charge is 0.312 e. The molecule has 0 bridgehead atoms. The third-order valence-electron chi connectivity index (χ3n) is 2.73. The van der Waals surface area contributed by atoms with Crippen LogP contribution in [0, 0.1) is 16.7 Å². The molecule has 1 saturated heterocycles. The van der Waals surface area contributed by atoms with Gasteiger partial charge in [-0.2, -0.15) is 5.10 Å². The maximum absolute atomic E-state index is 7.08. The molecule has 1 N–H and O–H groups in total. The quantitative estimate of drug-likeness (QED) is 0.596. The minimum Gasteiger partial charge on any atom is -0.312 e. The van der Waals surface area contributed by atoms with E-state index in [4.69, 9.17) is 17.0 Å². The Morgan fingerprint density at radius 3 is 2.69 bits per heavy atom. The molecule has 1 fully saturated rings. The molecule has 0 spiro atoms. The van der Waals surface area contributed by atoms with E-state index < -0.39 is 0 Å². The molecule has 0 aromatic carbocycles. The van der Waals surface area contributed by atoms with Crippen LogP contribution in [0.25, 0.3) is 0 Å². The molecule has 0 radical (unpaired) electrons. The highest BCUT2D eigenvalue weighted by Crippen LogP contribution is 2.35. The fourth-order valence-electron chi connectivity index (χ4n) is 1.76. The minimum absolute atomic E-state index is 0.0654. The summed E-state index contributed by atoms with van der Waals surface area (Å²) in [5.74, 6) is 0.0654. The van der Waals surface area contributed by atoms with Gasteiger partial charge in [0.1, 0.15) is 0 Å². The van der Waals surface area contributed by atoms with E-state index >= 15 is 0 Å². The molecule has 0 aromatic heterocycles. The van der Waals surface area contributed by atoms with Crippen LogP contribution >= 0.6 is 11.6 Å². The summed E-state index contributed by atoms with van der Waals surface area (Å²) < 4.78 is 0. The molecule has 0 aromatic rings. The topological polar surface area (TPSA) is 39.5 Å². The van der Waals surface area contributed by atoms with Crippen LogP contribution in [0.3, 0.4) is 0 Å². The molecule has 1 unspecified atom stereocenters. The monoisotopic (exact) mass is 241 g/mol. The third kappa shape index (κ3) is 3.34. The number of halogens is 1. The molecule has 2 atom stereocenters. The highest BCUT2D eigenvalue weighted by molar-refractivity contribution is 6.28. The zero-order valence-corrected chi connectivity index (χ0v) is 11.0. The minimum atomic E-state index is -0.285. The Bertz CT molecular complexity index is 309. The maximum Gasteiger partial charge on any atom is 0.0756 e. The molecule has 1 heterocycles. The molecule has 3 nitrogen and oxygen atoms in total. The van der Waals surface area contributed by atoms with Crippen LogP contribution < -0.4 is 0 Å². The van der Waals surface area contributed by atoms with Crippen molar-refractivity contribution in [2.75, 3.05) is 6.54 Å². The number of nitrogens with one attached hydrogen (secondary N) is 1. The second kappa shape index (κ2) is 5.00. The van der Waals surface area contributed by atoms with Crippen LogP contribution in [-0.4, -0.2) is 29.4 Å². The van der Waals surface area contributed by atoms with Crippen molar-refractivity contribution >= 4 is 24.0 Å². The average Bonchev–Trinajstić information content (AvgIpc) is 2.47. The first-order chi connectivity index (χ1) is 7.35. The molecule has 4 heteroatoms. The zero-order valence-electron chi connectivity index (χ0n) is 10.2. The molecule has 0 saturated carbocycles. The van der Waals surface area contributed by atoms with E-state index in [-0.39, 0.29) is 16.7 Å². The Balaban J connectivity index is 2.58. The average molecular weight is 242 g/mol. The van der Waals surface area contributed by atoms with Crippen molar-refractivity contribution < 1.29 is 0 Å². The molecular formula is C12H20ClN3. The first-order valence-corrected chi connectivity index (χ1v) is 5.93. The first kappa shape index (κ1) is 13.2. The Morgan fingerprint density at radius 1 is 1.62 bits per heavy atom. The summed E-state index contributed by atoms with van der Waals surface area (Å²) >= 11 is 5.92. The smallest absolute Gasteiger partial charge is 0.0756 e. The maximum atomic E-state index is 7.08. The summed E-state index contributed by atoms with van der Waals surface area (Å²) in [6.45, 7) is 11.3. The van der Waals surface area contributed by atoms with Crippen molar-refractivity contribution in [2.45, 2.75) is 32.6 Å². The number of hydrogen-bond acceptors (Lipinski definition) is 3. The molecule has 1 aliphatic heterocycles. The van der Waals surface area contributed by atoms with Gasteiger partial charge in [-0.05, 0) is 11.8 Å². The molecule has 1 aliphatic rings. The van der Waals surface area contributed by atoms with E-state index in [9.17, 15) is 0 Å². The van der Waals surface area contributed by atoms with Crippen LogP contribution in [0.1, 0.15) is 27.2 Å². The third-order valence-corrected chi connectivity index (χ3v) is 3.25. The fraction of sp³-hybridized carbons (Fsp3) is 0.667. The number of nitrogens with zero attached hydrogens (tertiary/aromatic N) is 2. The zero-order chi connectivity index (χ0) is 12.3. The predicted octanol–water partition coefficient (Wildman–Crippen LogP) is 3.11. The van der Waals surface area contributed by atoms with Gasteiger partial charge in [0.15, 0.2) is 0 Å². The lowest BCUT2D eigenvalue weighted by atomic mass is 9.92. The van der Waals surface area contributed by atoms with Crippen LogP contribution in [0.4, 0.5) is 0 Å². The summed E-state index contributed by atoms with van der Waals surface area (Å²) in [6.07, 6.45) is 4.02. The van der Waals surface area contributed by atoms with E-state index in [2.05, 4.69) is 25.5 Å². The Morgan fingerprint density at radius 2 is 2.25 bits per heavy atom. The highest BCUT2D eigenvalue weighted by Gasteiger charge is 2.31. The lowest BCUT2D eigenvalue weighted by Gasteiger charge is -2.17. The lowest BCUT2D eigenvalue weighted by Crippen LogP contribution is -2.20. The summed E-state index contributed by atoms with van der Waals surface area (Å²) in [5, 5.41) is 13.1. The number of hydrogen-bond donors (Lipinski definition) is 1. The molecule has 1 rings (SSSR count). The van der Waals surface area contributed by atoms with Crippen molar-refractivity contribution in [1.82, 2.24) is 5.01 Å². The van der Waals surface area contributed by atoms with E-state index in [1.54, 1.807) is 6.21 Å². The normalized spacial score (nSPS) is 23.8. The predicted molar refractivity (Wildman–Crippen MR) is 70.3 cm³/mol. The van der Waals surface area contributed by atoms with E-state index in [1.165, 1.54) is 6.21 Å². The molecule has 0 aliphatic carbocycles. The highest BCUT2D eigenvalue weighted by atomic mass is 35.5. The van der Waals surface area contributed by atoms with Crippen molar-refractivity contribution in [3.63, 3.8) is 0 Å². The second-order valence-electron chi connectivity index (χ2n) is 5.20. The summed E-state index contributed by atoms with van der Waals surface area (Å²) in [5.41, 5.74) is 1.30. The van der Waals surface area contributed by atoms with Crippen LogP contribution in [0.2, 0.25) is 0 Å². The number of rotatable bonds is 4. The van der Waals surface area contributed by atoms with Gasteiger partial charge in [0, 0.05) is 30.6 Å². The number of hydrazone groups is 1. The van der Waals surface area contributed by atoms with Gasteiger partial charge in [-0.15, -0.1) is 11.6 Å². The molecule has 16 heavy (non-hydrogen) atoms. The Hall–Kier alpha value is -0.830. The van der Waals surface area contributed by atoms with E-state index in [0.29, 0.717) is 0 Å². The lowest BCUT2D eigenvalue weighted by molar-refractivity contribution is 0.319. The molecule has 90 valence electrons. The van der Waals surface area contributed by atoms with Gasteiger partial charge in [0.05, 0.1) is 5.38 Å². The molecule has 0 amide bonds. The van der Waals surface area contributed by atoms with Gasteiger partial charge in [0.2, 0.25) is 0 Å². The van der Waals surface area contributed by atoms with Gasteiger partial charge >= 0.3 is 0 Å². The van der Waals surface area contributed by atoms with E-state index in [0.717, 1.165) is 18.7 Å². The van der Waals surface area contributed by atoms with Crippen molar-refractivity contribution in [2.24, 2.45) is 16.4 Å². The van der Waals surface area contributed by atoms with Gasteiger partial charge in [-0.1, -0.05) is 27.4 Å². The van der Waals surface area contributed by atoms with Crippen LogP contribution in [0.15, 0.2) is 17.4 Å². The Kier molecular flexibility index (Phi) is 4.14. The first-order valence-electron chi connectivity index (χ1n) is 5.50. The van der Waals surface area contributed by atoms with Crippen molar-refractivity contribution in [3.05, 3.63) is 12.3 Å². The fourth-order valence-corrected chi connectivity index (χ4v) is 1.82. The molecular weight excluding hydrogens is 222 g/mol. The van der Waals surface area contributed by atoms with Gasteiger partial charge < -0.3 is 5.41 Å².